The minimum absolute atomic E-state index is 0.0149. The van der Waals surface area contributed by atoms with Crippen molar-refractivity contribution in [2.24, 2.45) is 0 Å². The van der Waals surface area contributed by atoms with Crippen molar-refractivity contribution in [2.45, 2.75) is 37.9 Å². The number of ether oxygens (including phenoxy) is 1. The van der Waals surface area contributed by atoms with E-state index >= 15 is 0 Å². The van der Waals surface area contributed by atoms with Gasteiger partial charge in [-0.25, -0.2) is 4.39 Å². The van der Waals surface area contributed by atoms with E-state index in [0.29, 0.717) is 59.8 Å². The summed E-state index contributed by atoms with van der Waals surface area (Å²) in [4.78, 5) is 43.2. The second-order valence-electron chi connectivity index (χ2n) is 9.90. The van der Waals surface area contributed by atoms with Gasteiger partial charge in [-0.1, -0.05) is 42.6 Å². The van der Waals surface area contributed by atoms with Crippen LogP contribution in [-0.4, -0.2) is 83.4 Å². The zero-order valence-electron chi connectivity index (χ0n) is 21.7. The maximum Gasteiger partial charge on any atom is 0.279 e. The van der Waals surface area contributed by atoms with Gasteiger partial charge in [0.25, 0.3) is 11.5 Å². The molecule has 206 valence electrons. The van der Waals surface area contributed by atoms with Gasteiger partial charge < -0.3 is 15.0 Å². The summed E-state index contributed by atoms with van der Waals surface area (Å²) >= 11 is 6.26. The number of piperazine rings is 1. The van der Waals surface area contributed by atoms with E-state index in [4.69, 9.17) is 16.3 Å². The summed E-state index contributed by atoms with van der Waals surface area (Å²) in [5.74, 6) is -0.355. The van der Waals surface area contributed by atoms with Crippen LogP contribution in [0.1, 0.15) is 36.2 Å². The molecule has 1 aliphatic carbocycles. The van der Waals surface area contributed by atoms with Crippen LogP contribution in [0.25, 0.3) is 16.5 Å². The highest BCUT2D eigenvalue weighted by Crippen LogP contribution is 2.27. The van der Waals surface area contributed by atoms with E-state index in [1.165, 1.54) is 13.2 Å². The molecule has 1 saturated carbocycles. The lowest BCUT2D eigenvalue weighted by atomic mass is 9.92. The lowest BCUT2D eigenvalue weighted by molar-refractivity contribution is -0.132. The Bertz CT molecular complexity index is 1440. The Morgan fingerprint density at radius 1 is 1.08 bits per heavy atom. The minimum Gasteiger partial charge on any atom is -0.495 e. The Morgan fingerprint density at radius 2 is 1.79 bits per heavy atom. The van der Waals surface area contributed by atoms with Gasteiger partial charge in [0.15, 0.2) is 5.69 Å². The number of hydrogen-bond donors (Lipinski definition) is 1. The first-order valence-electron chi connectivity index (χ1n) is 13.2. The van der Waals surface area contributed by atoms with Gasteiger partial charge in [-0.15, -0.1) is 0 Å². The van der Waals surface area contributed by atoms with Crippen molar-refractivity contribution in [3.63, 3.8) is 0 Å². The molecule has 0 spiro atoms. The van der Waals surface area contributed by atoms with E-state index in [0.717, 1.165) is 23.9 Å². The average molecular weight is 556 g/mol. The van der Waals surface area contributed by atoms with Crippen LogP contribution in [0, 0.1) is 0 Å². The van der Waals surface area contributed by atoms with Gasteiger partial charge in [0.2, 0.25) is 5.91 Å². The third kappa shape index (κ3) is 5.62. The molecule has 1 saturated heterocycles. The second kappa shape index (κ2) is 11.7. The number of nitrogens with one attached hydrogen (secondary N) is 1. The predicted octanol–water partition coefficient (Wildman–Crippen LogP) is 3.20. The first-order chi connectivity index (χ1) is 18.9. The molecule has 5 rings (SSSR count). The highest BCUT2D eigenvalue weighted by molar-refractivity contribution is 6.32. The van der Waals surface area contributed by atoms with Gasteiger partial charge >= 0.3 is 0 Å². The largest absolute Gasteiger partial charge is 0.495 e. The summed E-state index contributed by atoms with van der Waals surface area (Å²) in [6.45, 7) is 2.00. The summed E-state index contributed by atoms with van der Waals surface area (Å²) in [5.41, 5.74) is -0.0279. The predicted molar refractivity (Wildman–Crippen MR) is 147 cm³/mol. The van der Waals surface area contributed by atoms with Crippen molar-refractivity contribution in [2.75, 3.05) is 39.8 Å². The van der Waals surface area contributed by atoms with Crippen molar-refractivity contribution in [3.8, 4) is 11.4 Å². The number of benzene rings is 2. The lowest BCUT2D eigenvalue weighted by Gasteiger charge is -2.42. The average Bonchev–Trinajstić information content (AvgIpc) is 2.96. The summed E-state index contributed by atoms with van der Waals surface area (Å²) in [7, 11) is 1.49. The third-order valence-corrected chi connectivity index (χ3v) is 7.88. The Balaban J connectivity index is 1.30. The third-order valence-electron chi connectivity index (χ3n) is 7.58. The quantitative estimate of drug-likeness (QED) is 0.502. The Hall–Kier alpha value is -3.50. The molecular weight excluding hydrogens is 525 g/mol. The number of alkyl halides is 1. The standard InChI is InChI=1S/C28H31ClFN5O4/c1-39-24-11-10-18(16-21(24)29)35-28(38)20-7-3-2-6-19(20)26(32-35)27(37)31-17-25(36)34-14-12-33(13-15-34)23-9-5-4-8-22(23)30/h2-3,6-7,10-11,16,22-23H,4-5,8-9,12-15,17H2,1H3,(H,31,37)/t22-,23+/m1/s1. The molecule has 11 heteroatoms. The van der Waals surface area contributed by atoms with Gasteiger partial charge in [-0.3, -0.25) is 19.3 Å². The minimum atomic E-state index is -0.806. The number of nitrogens with zero attached hydrogens (tertiary/aromatic N) is 4. The number of fused-ring (bicyclic) bond motifs is 1. The molecule has 2 atom stereocenters. The monoisotopic (exact) mass is 555 g/mol. The molecule has 2 aromatic carbocycles. The van der Waals surface area contributed by atoms with E-state index in [-0.39, 0.29) is 24.2 Å². The van der Waals surface area contributed by atoms with Crippen LogP contribution < -0.4 is 15.6 Å². The Kier molecular flexibility index (Phi) is 8.13. The SMILES string of the molecule is COc1ccc(-n2nc(C(=O)NCC(=O)N3CCN([C@H]4CCCC[C@H]4F)CC3)c3ccccc3c2=O)cc1Cl. The second-order valence-corrected chi connectivity index (χ2v) is 10.3. The van der Waals surface area contributed by atoms with Gasteiger partial charge in [0.1, 0.15) is 11.9 Å². The van der Waals surface area contributed by atoms with Crippen LogP contribution in [-0.2, 0) is 4.79 Å². The number of carbonyl (C=O) groups is 2. The van der Waals surface area contributed by atoms with Crippen LogP contribution in [0.4, 0.5) is 4.39 Å². The number of amides is 2. The van der Waals surface area contributed by atoms with Crippen LogP contribution >= 0.6 is 11.6 Å². The number of methoxy groups -OCH3 is 1. The smallest absolute Gasteiger partial charge is 0.279 e. The maximum absolute atomic E-state index is 14.4. The fraction of sp³-hybridized carbons (Fsp3) is 0.429. The fourth-order valence-corrected chi connectivity index (χ4v) is 5.70. The molecule has 0 bridgehead atoms. The molecule has 39 heavy (non-hydrogen) atoms. The number of rotatable bonds is 6. The van der Waals surface area contributed by atoms with Crippen LogP contribution in [0.15, 0.2) is 47.3 Å². The molecule has 1 aromatic heterocycles. The van der Waals surface area contributed by atoms with Gasteiger partial charge in [-0.2, -0.15) is 9.78 Å². The van der Waals surface area contributed by atoms with Crippen molar-refractivity contribution in [1.29, 1.82) is 0 Å². The molecular formula is C28H31ClFN5O4. The zero-order valence-corrected chi connectivity index (χ0v) is 22.5. The molecule has 1 N–H and O–H groups in total. The number of carbonyl (C=O) groups excluding carboxylic acids is 2. The number of halogens is 2. The highest BCUT2D eigenvalue weighted by atomic mass is 35.5. The first-order valence-corrected chi connectivity index (χ1v) is 13.5. The van der Waals surface area contributed by atoms with Gasteiger partial charge in [-0.05, 0) is 37.1 Å². The summed E-state index contributed by atoms with van der Waals surface area (Å²) < 4.78 is 20.7. The topological polar surface area (TPSA) is 96.8 Å². The summed E-state index contributed by atoms with van der Waals surface area (Å²) in [6, 6.07) is 11.4. The van der Waals surface area contributed by atoms with Crippen molar-refractivity contribution in [1.82, 2.24) is 24.9 Å². The molecule has 2 fully saturated rings. The normalized spacial score (nSPS) is 20.1. The summed E-state index contributed by atoms with van der Waals surface area (Å²) in [6.07, 6.45) is 2.64. The molecule has 9 nitrogen and oxygen atoms in total. The van der Waals surface area contributed by atoms with Crippen molar-refractivity contribution >= 4 is 34.2 Å². The Labute approximate surface area is 230 Å². The van der Waals surface area contributed by atoms with E-state index in [2.05, 4.69) is 15.3 Å². The molecule has 2 heterocycles. The molecule has 0 unspecified atom stereocenters. The first kappa shape index (κ1) is 27.1. The molecule has 2 amide bonds. The molecule has 3 aromatic rings. The maximum atomic E-state index is 14.4. The van der Waals surface area contributed by atoms with Crippen LogP contribution in [0.3, 0.4) is 0 Å². The van der Waals surface area contributed by atoms with Crippen molar-refractivity contribution < 1.29 is 18.7 Å². The van der Waals surface area contributed by atoms with E-state index in [1.807, 2.05) is 0 Å². The lowest BCUT2D eigenvalue weighted by Crippen LogP contribution is -2.56. The van der Waals surface area contributed by atoms with Gasteiger partial charge in [0.05, 0.1) is 29.8 Å². The summed E-state index contributed by atoms with van der Waals surface area (Å²) in [5, 5.41) is 8.00. The van der Waals surface area contributed by atoms with Crippen LogP contribution in [0.5, 0.6) is 5.75 Å². The fourth-order valence-electron chi connectivity index (χ4n) is 5.45. The molecule has 1 aliphatic heterocycles. The van der Waals surface area contributed by atoms with Gasteiger partial charge in [0, 0.05) is 37.6 Å². The Morgan fingerprint density at radius 3 is 2.49 bits per heavy atom. The zero-order chi connectivity index (χ0) is 27.5. The van der Waals surface area contributed by atoms with Crippen LogP contribution in [0.2, 0.25) is 5.02 Å². The van der Waals surface area contributed by atoms with E-state index in [1.54, 1.807) is 41.3 Å². The molecule has 0 radical (unpaired) electrons. The van der Waals surface area contributed by atoms with E-state index in [9.17, 15) is 18.8 Å². The highest BCUT2D eigenvalue weighted by Gasteiger charge is 2.33. The molecule has 2 aliphatic rings. The van der Waals surface area contributed by atoms with Crippen molar-refractivity contribution in [3.05, 3.63) is 63.5 Å². The number of aromatic nitrogens is 2. The number of hydrogen-bond acceptors (Lipinski definition) is 6. The van der Waals surface area contributed by atoms with E-state index < -0.39 is 17.6 Å².